The molecule has 2 aliphatic rings. The summed E-state index contributed by atoms with van der Waals surface area (Å²) in [6.07, 6.45) is 8.56. The first-order chi connectivity index (χ1) is 11.9. The normalized spacial score (nSPS) is 18.0. The van der Waals surface area contributed by atoms with Gasteiger partial charge in [-0.2, -0.15) is 0 Å². The minimum Gasteiger partial charge on any atom is -0.289 e. The third-order valence-corrected chi connectivity index (χ3v) is 5.45. The van der Waals surface area contributed by atoms with Crippen molar-refractivity contribution in [3.05, 3.63) is 0 Å². The van der Waals surface area contributed by atoms with Crippen molar-refractivity contribution >= 4 is 46.2 Å². The van der Waals surface area contributed by atoms with E-state index in [-0.39, 0.29) is 23.7 Å². The molecule has 0 unspecified atom stereocenters. The van der Waals surface area contributed by atoms with Crippen LogP contribution in [0.25, 0.3) is 0 Å². The van der Waals surface area contributed by atoms with Crippen LogP contribution in [0.4, 0.5) is 0 Å². The maximum absolute atomic E-state index is 12.3. The third-order valence-electron chi connectivity index (χ3n) is 4.98. The first-order valence-corrected chi connectivity index (χ1v) is 9.84. The molecular weight excluding hydrogens is 356 g/mol. The molecular formula is C17H28N4O2S2. The van der Waals surface area contributed by atoms with Gasteiger partial charge in [0, 0.05) is 25.9 Å². The molecule has 8 heteroatoms. The number of thiocarbonyl (C=S) groups is 2. The first kappa shape index (κ1) is 20.0. The topological polar surface area (TPSA) is 64.7 Å². The van der Waals surface area contributed by atoms with E-state index >= 15 is 0 Å². The van der Waals surface area contributed by atoms with Crippen LogP contribution >= 0.6 is 24.4 Å². The zero-order valence-electron chi connectivity index (χ0n) is 15.0. The van der Waals surface area contributed by atoms with Crippen LogP contribution in [-0.4, -0.2) is 45.9 Å². The van der Waals surface area contributed by atoms with Gasteiger partial charge in [0.2, 0.25) is 11.8 Å². The van der Waals surface area contributed by atoms with Gasteiger partial charge in [0.15, 0.2) is 0 Å². The number of carbonyl (C=O) groups excluding carboxylic acids is 2. The summed E-state index contributed by atoms with van der Waals surface area (Å²) < 4.78 is 0. The summed E-state index contributed by atoms with van der Waals surface area (Å²) in [6.45, 7) is 0. The van der Waals surface area contributed by atoms with E-state index < -0.39 is 0 Å². The van der Waals surface area contributed by atoms with Crippen molar-refractivity contribution in [2.24, 2.45) is 11.8 Å². The molecule has 6 nitrogen and oxygen atoms in total. The molecule has 0 radical (unpaired) electrons. The molecule has 0 spiro atoms. The molecule has 2 rings (SSSR count). The number of hydrazine groups is 2. The number of hydrogen-bond acceptors (Lipinski definition) is 4. The van der Waals surface area contributed by atoms with Crippen molar-refractivity contribution in [2.75, 3.05) is 14.1 Å². The zero-order chi connectivity index (χ0) is 18.4. The third kappa shape index (κ3) is 5.88. The number of carbonyl (C=O) groups is 2. The van der Waals surface area contributed by atoms with Gasteiger partial charge in [-0.1, -0.05) is 50.1 Å². The van der Waals surface area contributed by atoms with Crippen molar-refractivity contribution in [3.8, 4) is 0 Å². The fraction of sp³-hybridized carbons (Fsp3) is 0.765. The second kappa shape index (κ2) is 9.43. The number of hydrogen-bond donors (Lipinski definition) is 2. The lowest BCUT2D eigenvalue weighted by atomic mass is 10.1. The Hall–Kier alpha value is -1.28. The SMILES string of the molecule is CN(NC(=S)CC(=S)NN(C)C(=O)C1CCCC1)C(=O)C1CCCC1. The monoisotopic (exact) mass is 384 g/mol. The highest BCUT2D eigenvalue weighted by molar-refractivity contribution is 7.82. The van der Waals surface area contributed by atoms with E-state index in [1.165, 1.54) is 10.0 Å². The minimum absolute atomic E-state index is 0.0762. The van der Waals surface area contributed by atoms with Gasteiger partial charge >= 0.3 is 0 Å². The van der Waals surface area contributed by atoms with E-state index in [2.05, 4.69) is 10.9 Å². The number of nitrogens with zero attached hydrogens (tertiary/aromatic N) is 2. The quantitative estimate of drug-likeness (QED) is 0.573. The van der Waals surface area contributed by atoms with Crippen LogP contribution in [0.3, 0.4) is 0 Å². The largest absolute Gasteiger partial charge is 0.289 e. The van der Waals surface area contributed by atoms with Crippen molar-refractivity contribution < 1.29 is 9.59 Å². The number of amides is 2. The van der Waals surface area contributed by atoms with Gasteiger partial charge in [-0.25, -0.2) is 0 Å². The Morgan fingerprint density at radius 1 is 0.800 bits per heavy atom. The Morgan fingerprint density at radius 3 is 1.44 bits per heavy atom. The second-order valence-electron chi connectivity index (χ2n) is 7.00. The smallest absolute Gasteiger partial charge is 0.243 e. The summed E-state index contributed by atoms with van der Waals surface area (Å²) in [4.78, 5) is 25.5. The molecule has 0 aromatic rings. The van der Waals surface area contributed by atoms with E-state index in [9.17, 15) is 9.59 Å². The van der Waals surface area contributed by atoms with E-state index in [1.807, 2.05) is 0 Å². The second-order valence-corrected chi connectivity index (χ2v) is 7.99. The summed E-state index contributed by atoms with van der Waals surface area (Å²) in [5.74, 6) is 0.348. The van der Waals surface area contributed by atoms with Crippen LogP contribution in [0.1, 0.15) is 57.8 Å². The van der Waals surface area contributed by atoms with E-state index in [0.717, 1.165) is 51.4 Å². The molecule has 0 bridgehead atoms. The Balaban J connectivity index is 1.72. The lowest BCUT2D eigenvalue weighted by Crippen LogP contribution is -2.48. The fourth-order valence-electron chi connectivity index (χ4n) is 3.60. The van der Waals surface area contributed by atoms with E-state index in [1.54, 1.807) is 14.1 Å². The van der Waals surface area contributed by atoms with E-state index in [4.69, 9.17) is 24.4 Å². The molecule has 140 valence electrons. The summed E-state index contributed by atoms with van der Waals surface area (Å²) in [5.41, 5.74) is 5.86. The summed E-state index contributed by atoms with van der Waals surface area (Å²) in [7, 11) is 3.39. The van der Waals surface area contributed by atoms with Gasteiger partial charge in [-0.3, -0.25) is 30.5 Å². The maximum atomic E-state index is 12.3. The highest BCUT2D eigenvalue weighted by Crippen LogP contribution is 2.26. The van der Waals surface area contributed by atoms with E-state index in [0.29, 0.717) is 16.4 Å². The highest BCUT2D eigenvalue weighted by Gasteiger charge is 2.27. The average Bonchev–Trinajstić information content (AvgIpc) is 3.26. The Morgan fingerprint density at radius 2 is 1.12 bits per heavy atom. The van der Waals surface area contributed by atoms with Crippen molar-refractivity contribution in [2.45, 2.75) is 57.8 Å². The molecule has 0 atom stereocenters. The Kier molecular flexibility index (Phi) is 7.56. The standard InChI is InChI=1S/C17H28N4O2S2/c1-20(16(22)12-7-3-4-8-12)18-14(24)11-15(25)19-21(2)17(23)13-9-5-6-10-13/h12-13H,3-11H2,1-2H3,(H,18,24)(H,19,25). The maximum Gasteiger partial charge on any atom is 0.243 e. The molecule has 2 fully saturated rings. The number of rotatable bonds is 4. The number of nitrogens with one attached hydrogen (secondary N) is 2. The van der Waals surface area contributed by atoms with Gasteiger partial charge < -0.3 is 0 Å². The van der Waals surface area contributed by atoms with Crippen LogP contribution < -0.4 is 10.9 Å². The van der Waals surface area contributed by atoms with Gasteiger partial charge in [0.25, 0.3) is 0 Å². The van der Waals surface area contributed by atoms with Crippen LogP contribution in [0.2, 0.25) is 0 Å². The van der Waals surface area contributed by atoms with Gasteiger partial charge in [0.1, 0.15) is 9.98 Å². The van der Waals surface area contributed by atoms with Gasteiger partial charge in [-0.05, 0) is 25.7 Å². The zero-order valence-corrected chi connectivity index (χ0v) is 16.7. The summed E-state index contributed by atoms with van der Waals surface area (Å²) >= 11 is 10.6. The molecule has 0 aromatic heterocycles. The molecule has 2 amide bonds. The molecule has 2 N–H and O–H groups in total. The molecule has 0 saturated heterocycles. The molecule has 0 heterocycles. The molecule has 0 aromatic carbocycles. The fourth-order valence-corrected chi connectivity index (χ4v) is 4.26. The Labute approximate surface area is 160 Å². The van der Waals surface area contributed by atoms with Crippen LogP contribution in [0.5, 0.6) is 0 Å². The first-order valence-electron chi connectivity index (χ1n) is 9.02. The predicted molar refractivity (Wildman–Crippen MR) is 106 cm³/mol. The highest BCUT2D eigenvalue weighted by atomic mass is 32.1. The molecule has 2 saturated carbocycles. The molecule has 0 aliphatic heterocycles. The predicted octanol–water partition coefficient (Wildman–Crippen LogP) is 2.34. The van der Waals surface area contributed by atoms with Crippen LogP contribution in [-0.2, 0) is 9.59 Å². The summed E-state index contributed by atoms with van der Waals surface area (Å²) in [5, 5.41) is 2.93. The summed E-state index contributed by atoms with van der Waals surface area (Å²) in [6, 6.07) is 0. The van der Waals surface area contributed by atoms with Crippen LogP contribution in [0.15, 0.2) is 0 Å². The van der Waals surface area contributed by atoms with Crippen molar-refractivity contribution in [3.63, 3.8) is 0 Å². The van der Waals surface area contributed by atoms with Gasteiger partial charge in [-0.15, -0.1) is 0 Å². The molecule has 25 heavy (non-hydrogen) atoms. The average molecular weight is 385 g/mol. The molecule has 2 aliphatic carbocycles. The van der Waals surface area contributed by atoms with Crippen LogP contribution in [0, 0.1) is 11.8 Å². The minimum atomic E-state index is 0.0762. The lowest BCUT2D eigenvalue weighted by Gasteiger charge is -2.25. The van der Waals surface area contributed by atoms with Crippen molar-refractivity contribution in [1.82, 2.24) is 20.9 Å². The van der Waals surface area contributed by atoms with Gasteiger partial charge in [0.05, 0.1) is 6.42 Å². The van der Waals surface area contributed by atoms with Crippen molar-refractivity contribution in [1.29, 1.82) is 0 Å². The lowest BCUT2D eigenvalue weighted by molar-refractivity contribution is -0.136. The Bertz CT molecular complexity index is 483.